The minimum Gasteiger partial charge on any atom is -0.370 e. The first-order chi connectivity index (χ1) is 9.17. The molecule has 0 bridgehead atoms. The van der Waals surface area contributed by atoms with Crippen molar-refractivity contribution in [2.75, 3.05) is 27.7 Å². The van der Waals surface area contributed by atoms with Crippen molar-refractivity contribution in [2.45, 2.75) is 12.8 Å². The maximum Gasteiger partial charge on any atom is 0.200 e. The fourth-order valence-electron chi connectivity index (χ4n) is 1.76. The Morgan fingerprint density at radius 3 is 2.47 bits per heavy atom. The molecule has 0 aliphatic carbocycles. The molecule has 19 heavy (non-hydrogen) atoms. The summed E-state index contributed by atoms with van der Waals surface area (Å²) in [5, 5.41) is 2.97. The summed E-state index contributed by atoms with van der Waals surface area (Å²) in [6.45, 7) is 0.908. The molecule has 5 nitrogen and oxygen atoms in total. The van der Waals surface area contributed by atoms with Gasteiger partial charge in [0, 0.05) is 27.7 Å². The van der Waals surface area contributed by atoms with Crippen molar-refractivity contribution >= 4 is 11.9 Å². The van der Waals surface area contributed by atoms with Gasteiger partial charge in [-0.1, -0.05) is 30.3 Å². The zero-order valence-electron chi connectivity index (χ0n) is 11.9. The summed E-state index contributed by atoms with van der Waals surface area (Å²) in [5.41, 5.74) is 6.99. The molecule has 0 spiro atoms. The molecule has 1 aromatic rings. The number of nitrogens with two attached hydrogens (primary N) is 1. The van der Waals surface area contributed by atoms with Crippen molar-refractivity contribution in [3.05, 3.63) is 35.9 Å². The lowest BCUT2D eigenvalue weighted by molar-refractivity contribution is 0.477. The second-order valence-corrected chi connectivity index (χ2v) is 4.29. The molecule has 0 saturated heterocycles. The minimum absolute atomic E-state index is 0.371. The van der Waals surface area contributed by atoms with Crippen LogP contribution in [0.25, 0.3) is 0 Å². The fourth-order valence-corrected chi connectivity index (χ4v) is 1.76. The molecule has 104 valence electrons. The number of aryl methyl sites for hydroxylation is 1. The number of benzene rings is 1. The molecular weight excluding hydrogens is 238 g/mol. The van der Waals surface area contributed by atoms with Crippen molar-refractivity contribution in [2.24, 2.45) is 15.7 Å². The van der Waals surface area contributed by atoms with Crippen LogP contribution >= 0.6 is 0 Å². The Morgan fingerprint density at radius 2 is 1.89 bits per heavy atom. The average molecular weight is 261 g/mol. The smallest absolute Gasteiger partial charge is 0.200 e. The van der Waals surface area contributed by atoms with E-state index in [1.807, 2.05) is 18.0 Å². The van der Waals surface area contributed by atoms with Gasteiger partial charge in [-0.3, -0.25) is 15.3 Å². The monoisotopic (exact) mass is 261 g/mol. The van der Waals surface area contributed by atoms with Gasteiger partial charge in [0.15, 0.2) is 11.9 Å². The van der Waals surface area contributed by atoms with E-state index in [0.29, 0.717) is 5.96 Å². The predicted molar refractivity (Wildman–Crippen MR) is 81.4 cm³/mol. The highest BCUT2D eigenvalue weighted by Crippen LogP contribution is 2.03. The van der Waals surface area contributed by atoms with Gasteiger partial charge in [0.2, 0.25) is 0 Å². The van der Waals surface area contributed by atoms with Gasteiger partial charge in [-0.05, 0) is 18.4 Å². The Morgan fingerprint density at radius 1 is 1.21 bits per heavy atom. The van der Waals surface area contributed by atoms with Gasteiger partial charge in [0.1, 0.15) is 0 Å². The summed E-state index contributed by atoms with van der Waals surface area (Å²) in [6, 6.07) is 10.5. The first kappa shape index (κ1) is 15.0. The minimum atomic E-state index is 0.371. The summed E-state index contributed by atoms with van der Waals surface area (Å²) in [7, 11) is 5.37. The zero-order chi connectivity index (χ0) is 14.1. The van der Waals surface area contributed by atoms with Crippen molar-refractivity contribution in [3.8, 4) is 0 Å². The Kier molecular flexibility index (Phi) is 6.43. The Bertz CT molecular complexity index is 425. The highest BCUT2D eigenvalue weighted by atomic mass is 15.3. The third kappa shape index (κ3) is 5.42. The lowest BCUT2D eigenvalue weighted by Gasteiger charge is -2.21. The SMILES string of the molecule is CN=C(N)NC(=NC)N(C)CCCc1ccccc1. The van der Waals surface area contributed by atoms with E-state index in [1.54, 1.807) is 14.1 Å². The van der Waals surface area contributed by atoms with Crippen LogP contribution in [-0.4, -0.2) is 44.5 Å². The van der Waals surface area contributed by atoms with Gasteiger partial charge in [-0.25, -0.2) is 0 Å². The summed E-state index contributed by atoms with van der Waals surface area (Å²) in [4.78, 5) is 10.1. The highest BCUT2D eigenvalue weighted by Gasteiger charge is 2.06. The first-order valence-electron chi connectivity index (χ1n) is 6.38. The van der Waals surface area contributed by atoms with Gasteiger partial charge < -0.3 is 10.6 Å². The van der Waals surface area contributed by atoms with Crippen LogP contribution in [0.1, 0.15) is 12.0 Å². The molecule has 0 aliphatic heterocycles. The lowest BCUT2D eigenvalue weighted by atomic mass is 10.1. The van der Waals surface area contributed by atoms with Crippen LogP contribution in [0.3, 0.4) is 0 Å². The maximum absolute atomic E-state index is 5.64. The average Bonchev–Trinajstić information content (AvgIpc) is 2.45. The predicted octanol–water partition coefficient (Wildman–Crippen LogP) is 1.07. The molecule has 0 radical (unpaired) electrons. The standard InChI is InChI=1S/C14H23N5/c1-16-13(15)18-14(17-2)19(3)11-7-10-12-8-5-4-6-9-12/h4-6,8-9H,7,10-11H2,1-3H3,(H3,15,16,17,18). The van der Waals surface area contributed by atoms with E-state index in [-0.39, 0.29) is 0 Å². The summed E-state index contributed by atoms with van der Waals surface area (Å²) in [5.74, 6) is 1.10. The largest absolute Gasteiger partial charge is 0.370 e. The van der Waals surface area contributed by atoms with Crippen LogP contribution in [0.2, 0.25) is 0 Å². The van der Waals surface area contributed by atoms with E-state index in [4.69, 9.17) is 5.73 Å². The van der Waals surface area contributed by atoms with E-state index in [2.05, 4.69) is 39.6 Å². The van der Waals surface area contributed by atoms with Gasteiger partial charge in [0.05, 0.1) is 0 Å². The van der Waals surface area contributed by atoms with E-state index in [9.17, 15) is 0 Å². The topological polar surface area (TPSA) is 66.0 Å². The third-order valence-electron chi connectivity index (χ3n) is 2.86. The molecule has 0 aliphatic rings. The second kappa shape index (κ2) is 8.13. The third-order valence-corrected chi connectivity index (χ3v) is 2.86. The number of nitrogens with zero attached hydrogens (tertiary/aromatic N) is 3. The van der Waals surface area contributed by atoms with E-state index < -0.39 is 0 Å². The number of rotatable bonds is 4. The zero-order valence-corrected chi connectivity index (χ0v) is 11.9. The fraction of sp³-hybridized carbons (Fsp3) is 0.429. The lowest BCUT2D eigenvalue weighted by Crippen LogP contribution is -2.45. The highest BCUT2D eigenvalue weighted by molar-refractivity contribution is 5.97. The van der Waals surface area contributed by atoms with Crippen LogP contribution in [0, 0.1) is 0 Å². The van der Waals surface area contributed by atoms with Crippen LogP contribution in [0.15, 0.2) is 40.3 Å². The molecule has 0 amide bonds. The Balaban J connectivity index is 2.39. The van der Waals surface area contributed by atoms with E-state index in [1.165, 1.54) is 5.56 Å². The number of hydrogen-bond acceptors (Lipinski definition) is 2. The van der Waals surface area contributed by atoms with Crippen molar-refractivity contribution in [3.63, 3.8) is 0 Å². The summed E-state index contributed by atoms with van der Waals surface area (Å²) < 4.78 is 0. The van der Waals surface area contributed by atoms with Crippen molar-refractivity contribution in [1.82, 2.24) is 10.2 Å². The van der Waals surface area contributed by atoms with Crippen LogP contribution in [-0.2, 0) is 6.42 Å². The maximum atomic E-state index is 5.64. The second-order valence-electron chi connectivity index (χ2n) is 4.29. The molecular formula is C14H23N5. The summed E-state index contributed by atoms with van der Waals surface area (Å²) in [6.07, 6.45) is 2.11. The number of aliphatic imine (C=N–C) groups is 2. The van der Waals surface area contributed by atoms with Gasteiger partial charge in [-0.2, -0.15) is 0 Å². The molecule has 0 unspecified atom stereocenters. The van der Waals surface area contributed by atoms with Crippen LogP contribution in [0.4, 0.5) is 0 Å². The van der Waals surface area contributed by atoms with E-state index in [0.717, 1.165) is 25.3 Å². The van der Waals surface area contributed by atoms with Crippen LogP contribution < -0.4 is 11.1 Å². The molecule has 0 heterocycles. The normalized spacial score (nSPS) is 12.4. The van der Waals surface area contributed by atoms with E-state index >= 15 is 0 Å². The molecule has 1 rings (SSSR count). The van der Waals surface area contributed by atoms with Gasteiger partial charge in [-0.15, -0.1) is 0 Å². The molecule has 0 aromatic heterocycles. The molecule has 1 aromatic carbocycles. The van der Waals surface area contributed by atoms with Gasteiger partial charge in [0.25, 0.3) is 0 Å². The summed E-state index contributed by atoms with van der Waals surface area (Å²) >= 11 is 0. The van der Waals surface area contributed by atoms with Gasteiger partial charge >= 0.3 is 0 Å². The molecule has 0 fully saturated rings. The van der Waals surface area contributed by atoms with Crippen molar-refractivity contribution < 1.29 is 0 Å². The Labute approximate surface area is 115 Å². The molecule has 3 N–H and O–H groups in total. The molecule has 5 heteroatoms. The molecule has 0 atom stereocenters. The van der Waals surface area contributed by atoms with Crippen LogP contribution in [0.5, 0.6) is 0 Å². The quantitative estimate of drug-likeness (QED) is 0.629. The van der Waals surface area contributed by atoms with Crippen molar-refractivity contribution in [1.29, 1.82) is 0 Å². The number of hydrogen-bond donors (Lipinski definition) is 2. The number of nitrogens with one attached hydrogen (secondary N) is 1. The number of guanidine groups is 2. The first-order valence-corrected chi connectivity index (χ1v) is 6.38. The molecule has 0 saturated carbocycles. The Hall–Kier alpha value is -2.04.